The van der Waals surface area contributed by atoms with E-state index in [0.29, 0.717) is 6.61 Å². The van der Waals surface area contributed by atoms with Gasteiger partial charge in [-0.2, -0.15) is 0 Å². The Kier molecular flexibility index (Phi) is 12.6. The maximum atomic E-state index is 10.8. The number of aliphatic hydroxyl groups is 5. The van der Waals surface area contributed by atoms with Gasteiger partial charge in [0.15, 0.2) is 18.7 Å². The number of hydrogen-bond donors (Lipinski definition) is 5. The third-order valence-electron chi connectivity index (χ3n) is 6.95. The third kappa shape index (κ3) is 8.02. The minimum atomic E-state index is -1.55. The topological polar surface area (TPSA) is 157 Å². The molecule has 10 atom stereocenters. The summed E-state index contributed by atoms with van der Waals surface area (Å²) in [5.74, 6) is 0. The van der Waals surface area contributed by atoms with Crippen LogP contribution in [0, 0.1) is 0 Å². The van der Waals surface area contributed by atoms with Crippen molar-refractivity contribution in [3.8, 4) is 0 Å². The van der Waals surface area contributed by atoms with Gasteiger partial charge in [-0.05, 0) is 6.42 Å². The molecule has 3 aliphatic rings. The fourth-order valence-electron chi connectivity index (χ4n) is 4.75. The molecule has 0 aliphatic carbocycles. The van der Waals surface area contributed by atoms with Crippen LogP contribution in [0.3, 0.4) is 0 Å². The summed E-state index contributed by atoms with van der Waals surface area (Å²) in [6.45, 7) is 1.85. The second-order valence-corrected chi connectivity index (χ2v) is 9.73. The van der Waals surface area contributed by atoms with Gasteiger partial charge in [0.05, 0.1) is 6.61 Å². The molecule has 11 heteroatoms. The first-order chi connectivity index (χ1) is 17.0. The molecule has 0 aromatic heterocycles. The molecule has 3 saturated heterocycles. The summed E-state index contributed by atoms with van der Waals surface area (Å²) < 4.78 is 22.8. The van der Waals surface area contributed by atoms with E-state index in [-0.39, 0.29) is 6.61 Å². The quantitative estimate of drug-likeness (QED) is 0.175. The third-order valence-corrected chi connectivity index (χ3v) is 6.95. The van der Waals surface area contributed by atoms with Crippen molar-refractivity contribution in [1.29, 1.82) is 0 Å². The van der Waals surface area contributed by atoms with Crippen LogP contribution < -0.4 is 0 Å². The summed E-state index contributed by atoms with van der Waals surface area (Å²) in [7, 11) is 0. The lowest BCUT2D eigenvalue weighted by Crippen LogP contribution is -2.64. The molecule has 0 aromatic carbocycles. The Balaban J connectivity index is 1.45. The normalized spacial score (nSPS) is 39.9. The van der Waals surface area contributed by atoms with E-state index in [2.05, 4.69) is 6.92 Å². The molecule has 206 valence electrons. The Hall–Kier alpha value is -0.440. The van der Waals surface area contributed by atoms with Crippen LogP contribution in [-0.4, -0.2) is 107 Å². The summed E-state index contributed by atoms with van der Waals surface area (Å²) in [6, 6.07) is 0. The second kappa shape index (κ2) is 15.1. The molecule has 0 saturated carbocycles. The molecule has 0 unspecified atom stereocenters. The van der Waals surface area contributed by atoms with Crippen molar-refractivity contribution < 1.29 is 54.3 Å². The maximum Gasteiger partial charge on any atom is 0.187 e. The molecule has 3 aliphatic heterocycles. The van der Waals surface area contributed by atoms with Crippen molar-refractivity contribution in [2.45, 2.75) is 133 Å². The Morgan fingerprint density at radius 1 is 0.714 bits per heavy atom. The van der Waals surface area contributed by atoms with Gasteiger partial charge in [0.25, 0.3) is 0 Å². The molecule has 35 heavy (non-hydrogen) atoms. The van der Waals surface area contributed by atoms with Gasteiger partial charge >= 0.3 is 0 Å². The van der Waals surface area contributed by atoms with E-state index in [4.69, 9.17) is 28.7 Å². The Morgan fingerprint density at radius 3 is 2.03 bits per heavy atom. The fourth-order valence-corrected chi connectivity index (χ4v) is 4.75. The average molecular weight is 509 g/mol. The van der Waals surface area contributed by atoms with Crippen LogP contribution >= 0.6 is 0 Å². The van der Waals surface area contributed by atoms with Gasteiger partial charge in [0, 0.05) is 6.61 Å². The van der Waals surface area contributed by atoms with Crippen LogP contribution in [0.25, 0.3) is 0 Å². The van der Waals surface area contributed by atoms with E-state index in [1.54, 1.807) is 0 Å². The van der Waals surface area contributed by atoms with Crippen LogP contribution in [0.1, 0.15) is 71.1 Å². The lowest BCUT2D eigenvalue weighted by Gasteiger charge is -2.45. The van der Waals surface area contributed by atoms with E-state index in [1.165, 1.54) is 44.9 Å². The zero-order valence-corrected chi connectivity index (χ0v) is 20.7. The van der Waals surface area contributed by atoms with Gasteiger partial charge in [-0.1, -0.05) is 64.7 Å². The highest BCUT2D eigenvalue weighted by Crippen LogP contribution is 2.32. The largest absolute Gasteiger partial charge is 0.394 e. The number of unbranched alkanes of at least 4 members (excludes halogenated alkanes) is 9. The van der Waals surface area contributed by atoms with Gasteiger partial charge in [0.2, 0.25) is 0 Å². The van der Waals surface area contributed by atoms with Gasteiger partial charge in [-0.3, -0.25) is 0 Å². The maximum absolute atomic E-state index is 10.8. The van der Waals surface area contributed by atoms with Crippen LogP contribution in [0.5, 0.6) is 0 Å². The first-order valence-corrected chi connectivity index (χ1v) is 13.2. The second-order valence-electron chi connectivity index (χ2n) is 9.73. The van der Waals surface area contributed by atoms with Crippen molar-refractivity contribution in [2.24, 2.45) is 0 Å². The smallest absolute Gasteiger partial charge is 0.187 e. The van der Waals surface area contributed by atoms with Crippen molar-refractivity contribution in [2.75, 3.05) is 19.8 Å². The molecule has 0 radical (unpaired) electrons. The van der Waals surface area contributed by atoms with E-state index in [1.807, 2.05) is 0 Å². The SMILES string of the molecule is CCCCCCCCCCCCO[C@@H]1O[C@H](CO)[C@H]2O[C@H]3O[C@H](COO[C@@H]2[C@H]1O)[C@@H](O)[C@H](O)[C@H]3O. The Morgan fingerprint density at radius 2 is 1.37 bits per heavy atom. The van der Waals surface area contributed by atoms with Crippen molar-refractivity contribution >= 4 is 0 Å². The number of fused-ring (bicyclic) bond motifs is 3. The monoisotopic (exact) mass is 508 g/mol. The molecule has 5 N–H and O–H groups in total. The fraction of sp³-hybridized carbons (Fsp3) is 1.00. The highest BCUT2D eigenvalue weighted by atomic mass is 17.2. The molecule has 0 amide bonds. The highest BCUT2D eigenvalue weighted by Gasteiger charge is 2.53. The number of hydrogen-bond acceptors (Lipinski definition) is 11. The zero-order chi connectivity index (χ0) is 25.2. The molecule has 0 aromatic rings. The summed E-state index contributed by atoms with van der Waals surface area (Å²) in [5, 5.41) is 51.2. The summed E-state index contributed by atoms with van der Waals surface area (Å²) in [5.41, 5.74) is 0. The lowest BCUT2D eigenvalue weighted by atomic mass is 9.97. The predicted molar refractivity (Wildman–Crippen MR) is 122 cm³/mol. The van der Waals surface area contributed by atoms with E-state index < -0.39 is 68.0 Å². The zero-order valence-electron chi connectivity index (χ0n) is 20.7. The van der Waals surface area contributed by atoms with E-state index in [9.17, 15) is 25.5 Å². The number of rotatable bonds is 13. The van der Waals surface area contributed by atoms with Gasteiger partial charge in [-0.15, -0.1) is 0 Å². The molecule has 11 nitrogen and oxygen atoms in total. The highest BCUT2D eigenvalue weighted by molar-refractivity contribution is 4.95. The van der Waals surface area contributed by atoms with Crippen molar-refractivity contribution in [3.05, 3.63) is 0 Å². The van der Waals surface area contributed by atoms with Crippen LogP contribution in [0.4, 0.5) is 0 Å². The molecule has 3 rings (SSSR count). The molecule has 3 fully saturated rings. The predicted octanol–water partition coefficient (Wildman–Crippen LogP) is 0.525. The Labute approximate surface area is 207 Å². The molecule has 3 heterocycles. The Bertz CT molecular complexity index is 582. The average Bonchev–Trinajstić information content (AvgIpc) is 2.95. The van der Waals surface area contributed by atoms with E-state index in [0.717, 1.165) is 19.3 Å². The van der Waals surface area contributed by atoms with Crippen LogP contribution in [-0.2, 0) is 28.7 Å². The van der Waals surface area contributed by atoms with Crippen molar-refractivity contribution in [1.82, 2.24) is 0 Å². The van der Waals surface area contributed by atoms with Crippen LogP contribution in [0.2, 0.25) is 0 Å². The standard InChI is InChI=1S/C24H44O11/c1-2-3-4-5-6-7-8-9-10-11-12-30-23-20(29)22-21(15(13-25)32-23)34-24-19(28)18(27)17(26)16(33-24)14-31-35-22/h15-29H,2-14H2,1H3/t15-,16-,17-,18+,19-,20-,21-,22-,23-,24-/m1/s1. The number of aliphatic hydroxyl groups excluding tert-OH is 5. The van der Waals surface area contributed by atoms with Gasteiger partial charge in [0.1, 0.15) is 49.3 Å². The number of ether oxygens (including phenoxy) is 4. The molecular formula is C24H44O11. The molecule has 0 spiro atoms. The minimum absolute atomic E-state index is 0.268. The van der Waals surface area contributed by atoms with Crippen LogP contribution in [0.15, 0.2) is 0 Å². The van der Waals surface area contributed by atoms with Gasteiger partial charge < -0.3 is 44.5 Å². The summed E-state index contributed by atoms with van der Waals surface area (Å²) in [4.78, 5) is 10.6. The van der Waals surface area contributed by atoms with Gasteiger partial charge in [-0.25, -0.2) is 9.78 Å². The minimum Gasteiger partial charge on any atom is -0.394 e. The molecule has 2 bridgehead atoms. The first kappa shape index (κ1) is 29.1. The first-order valence-electron chi connectivity index (χ1n) is 13.2. The summed E-state index contributed by atoms with van der Waals surface area (Å²) >= 11 is 0. The lowest BCUT2D eigenvalue weighted by molar-refractivity contribution is -0.400. The summed E-state index contributed by atoms with van der Waals surface area (Å²) in [6.07, 6.45) is -0.517. The van der Waals surface area contributed by atoms with Crippen molar-refractivity contribution in [3.63, 3.8) is 0 Å². The van der Waals surface area contributed by atoms with E-state index >= 15 is 0 Å². The molecular weight excluding hydrogens is 464 g/mol.